The van der Waals surface area contributed by atoms with Crippen molar-refractivity contribution in [1.82, 2.24) is 4.90 Å². The van der Waals surface area contributed by atoms with Crippen LogP contribution in [0.2, 0.25) is 0 Å². The summed E-state index contributed by atoms with van der Waals surface area (Å²) in [7, 11) is 0. The molecule has 0 bridgehead atoms. The predicted molar refractivity (Wildman–Crippen MR) is 78.6 cm³/mol. The van der Waals surface area contributed by atoms with Gasteiger partial charge in [-0.3, -0.25) is 4.79 Å². The monoisotopic (exact) mass is 303 g/mol. The molecule has 6 heteroatoms. The molecule has 0 aliphatic carbocycles. The molecule has 0 radical (unpaired) electrons. The minimum Gasteiger partial charge on any atom is -0.388 e. The summed E-state index contributed by atoms with van der Waals surface area (Å²) >= 11 is 0. The Bertz CT molecular complexity index is 312. The highest BCUT2D eigenvalue weighted by atomic mass is 16.4. The molecule has 1 rings (SSSR count). The van der Waals surface area contributed by atoms with Gasteiger partial charge in [-0.2, -0.15) is 0 Å². The molecular weight excluding hydrogens is 274 g/mol. The normalized spacial score (nSPS) is 30.5. The number of amides is 1. The minimum atomic E-state index is -1.67. The van der Waals surface area contributed by atoms with E-state index in [1.54, 1.807) is 0 Å². The van der Waals surface area contributed by atoms with Crippen molar-refractivity contribution >= 4 is 5.91 Å². The Balaban J connectivity index is 2.34. The van der Waals surface area contributed by atoms with Crippen molar-refractivity contribution in [2.75, 3.05) is 13.1 Å². The summed E-state index contributed by atoms with van der Waals surface area (Å²) in [5.74, 6) is -0.621. The summed E-state index contributed by atoms with van der Waals surface area (Å²) in [6.45, 7) is 2.55. The molecule has 4 atom stereocenters. The minimum absolute atomic E-state index is 0.0516. The summed E-state index contributed by atoms with van der Waals surface area (Å²) in [6.07, 6.45) is 1.75. The second-order valence-electron chi connectivity index (χ2n) is 5.90. The van der Waals surface area contributed by atoms with Gasteiger partial charge in [0.1, 0.15) is 18.3 Å². The summed E-state index contributed by atoms with van der Waals surface area (Å²) in [6, 6.07) is 0. The Morgan fingerprint density at radius 1 is 0.952 bits per heavy atom. The van der Waals surface area contributed by atoms with Crippen LogP contribution in [0.15, 0.2) is 0 Å². The first-order chi connectivity index (χ1) is 9.99. The van der Waals surface area contributed by atoms with Crippen LogP contribution in [0.1, 0.15) is 51.9 Å². The first-order valence-corrected chi connectivity index (χ1v) is 8.00. The molecule has 1 aliphatic heterocycles. The van der Waals surface area contributed by atoms with Gasteiger partial charge in [-0.05, 0) is 6.42 Å². The second-order valence-corrected chi connectivity index (χ2v) is 5.90. The number of rotatable bonds is 8. The molecule has 4 N–H and O–H groups in total. The Labute approximate surface area is 126 Å². The van der Waals surface area contributed by atoms with Crippen LogP contribution in [0.5, 0.6) is 0 Å². The van der Waals surface area contributed by atoms with Crippen molar-refractivity contribution in [3.63, 3.8) is 0 Å². The van der Waals surface area contributed by atoms with E-state index in [1.807, 2.05) is 0 Å². The molecule has 0 aromatic heterocycles. The quantitative estimate of drug-likeness (QED) is 0.474. The Morgan fingerprint density at radius 2 is 1.52 bits per heavy atom. The van der Waals surface area contributed by atoms with Gasteiger partial charge in [-0.25, -0.2) is 0 Å². The van der Waals surface area contributed by atoms with Crippen LogP contribution in [0, 0.1) is 0 Å². The molecule has 21 heavy (non-hydrogen) atoms. The van der Waals surface area contributed by atoms with E-state index >= 15 is 0 Å². The summed E-state index contributed by atoms with van der Waals surface area (Å²) in [5.41, 5.74) is 0. The largest absolute Gasteiger partial charge is 0.388 e. The lowest BCUT2D eigenvalue weighted by molar-refractivity contribution is -0.147. The third-order valence-corrected chi connectivity index (χ3v) is 4.07. The van der Waals surface area contributed by atoms with Gasteiger partial charge >= 0.3 is 0 Å². The third kappa shape index (κ3) is 5.54. The number of β-amino-alcohol motifs (C(OH)–C–C–N with tert-alkyl or cyclic N) is 1. The first kappa shape index (κ1) is 18.4. The number of hydrogen-bond donors (Lipinski definition) is 4. The fourth-order valence-electron chi connectivity index (χ4n) is 2.63. The van der Waals surface area contributed by atoms with Gasteiger partial charge < -0.3 is 25.3 Å². The highest BCUT2D eigenvalue weighted by Gasteiger charge is 2.41. The highest BCUT2D eigenvalue weighted by molar-refractivity contribution is 5.81. The van der Waals surface area contributed by atoms with Gasteiger partial charge in [0.05, 0.1) is 0 Å². The van der Waals surface area contributed by atoms with Crippen LogP contribution in [0.3, 0.4) is 0 Å². The van der Waals surface area contributed by atoms with Gasteiger partial charge in [0.25, 0.3) is 5.91 Å². The molecule has 6 nitrogen and oxygen atoms in total. The fourth-order valence-corrected chi connectivity index (χ4v) is 2.63. The lowest BCUT2D eigenvalue weighted by Crippen LogP contribution is -2.45. The number of carbonyl (C=O) groups excluding carboxylic acids is 1. The molecule has 1 fully saturated rings. The fraction of sp³-hybridized carbons (Fsp3) is 0.933. The maximum Gasteiger partial charge on any atom is 0.254 e. The molecule has 124 valence electrons. The van der Waals surface area contributed by atoms with E-state index in [9.17, 15) is 25.2 Å². The zero-order valence-electron chi connectivity index (χ0n) is 12.8. The number of hydrogen-bond acceptors (Lipinski definition) is 5. The average Bonchev–Trinajstić information content (AvgIpc) is 2.54. The van der Waals surface area contributed by atoms with E-state index in [0.717, 1.165) is 19.3 Å². The van der Waals surface area contributed by atoms with Gasteiger partial charge in [0.2, 0.25) is 0 Å². The van der Waals surface area contributed by atoms with Gasteiger partial charge in [0, 0.05) is 13.1 Å². The first-order valence-electron chi connectivity index (χ1n) is 8.00. The van der Waals surface area contributed by atoms with Crippen molar-refractivity contribution in [2.45, 2.75) is 76.3 Å². The zero-order valence-corrected chi connectivity index (χ0v) is 12.8. The molecule has 1 saturated heterocycles. The average molecular weight is 303 g/mol. The van der Waals surface area contributed by atoms with Crippen LogP contribution < -0.4 is 0 Å². The topological polar surface area (TPSA) is 101 Å². The smallest absolute Gasteiger partial charge is 0.254 e. The Morgan fingerprint density at radius 3 is 2.14 bits per heavy atom. The van der Waals surface area contributed by atoms with E-state index < -0.39 is 30.3 Å². The van der Waals surface area contributed by atoms with Gasteiger partial charge in [-0.1, -0.05) is 45.4 Å². The van der Waals surface area contributed by atoms with Crippen LogP contribution in [0.25, 0.3) is 0 Å². The van der Waals surface area contributed by atoms with Crippen LogP contribution in [-0.4, -0.2) is 68.7 Å². The molecule has 0 saturated carbocycles. The van der Waals surface area contributed by atoms with Gasteiger partial charge in [-0.15, -0.1) is 0 Å². The number of carbonyl (C=O) groups is 1. The van der Waals surface area contributed by atoms with Gasteiger partial charge in [0.15, 0.2) is 6.10 Å². The number of unbranched alkanes of at least 4 members (excludes halogenated alkanes) is 6. The van der Waals surface area contributed by atoms with Crippen molar-refractivity contribution in [3.05, 3.63) is 0 Å². The Kier molecular flexibility index (Phi) is 8.18. The van der Waals surface area contributed by atoms with Crippen LogP contribution in [0.4, 0.5) is 0 Å². The molecule has 0 unspecified atom stereocenters. The van der Waals surface area contributed by atoms with Crippen molar-refractivity contribution in [2.24, 2.45) is 0 Å². The lowest BCUT2D eigenvalue weighted by Gasteiger charge is -2.23. The van der Waals surface area contributed by atoms with E-state index in [1.165, 1.54) is 30.6 Å². The molecular formula is C15H29NO5. The van der Waals surface area contributed by atoms with E-state index in [-0.39, 0.29) is 6.54 Å². The van der Waals surface area contributed by atoms with Crippen molar-refractivity contribution in [3.8, 4) is 0 Å². The molecule has 0 aromatic rings. The SMILES string of the molecule is CCCCCCCCCN1C[C@@H](O)[C@H](O)[C@H](O)[C@@H](O)C1=O. The van der Waals surface area contributed by atoms with Crippen LogP contribution in [-0.2, 0) is 4.79 Å². The molecule has 0 spiro atoms. The van der Waals surface area contributed by atoms with Crippen molar-refractivity contribution < 1.29 is 25.2 Å². The van der Waals surface area contributed by atoms with E-state index in [2.05, 4.69) is 6.92 Å². The third-order valence-electron chi connectivity index (χ3n) is 4.07. The summed E-state index contributed by atoms with van der Waals surface area (Å²) in [5, 5.41) is 38.5. The number of aliphatic hydroxyl groups is 4. The second kappa shape index (κ2) is 9.35. The Hall–Kier alpha value is -0.690. The highest BCUT2D eigenvalue weighted by Crippen LogP contribution is 2.16. The molecule has 0 aromatic carbocycles. The number of aliphatic hydroxyl groups excluding tert-OH is 4. The molecule has 1 aliphatic rings. The van der Waals surface area contributed by atoms with Crippen molar-refractivity contribution in [1.29, 1.82) is 0 Å². The van der Waals surface area contributed by atoms with Crippen LogP contribution >= 0.6 is 0 Å². The lowest BCUT2D eigenvalue weighted by atomic mass is 10.1. The van der Waals surface area contributed by atoms with E-state index in [4.69, 9.17) is 0 Å². The maximum absolute atomic E-state index is 11.9. The van der Waals surface area contributed by atoms with E-state index in [0.29, 0.717) is 6.54 Å². The summed E-state index contributed by atoms with van der Waals surface area (Å²) in [4.78, 5) is 13.3. The predicted octanol–water partition coefficient (Wildman–Crippen LogP) is 0.0228. The summed E-state index contributed by atoms with van der Waals surface area (Å²) < 4.78 is 0. The zero-order chi connectivity index (χ0) is 15.8. The molecule has 1 heterocycles. The number of nitrogens with zero attached hydrogens (tertiary/aromatic N) is 1. The molecule has 1 amide bonds. The number of likely N-dealkylation sites (tertiary alicyclic amines) is 1. The standard InChI is InChI=1S/C15H29NO5/c1-2-3-4-5-6-7-8-9-16-10-11(17)12(18)13(19)14(20)15(16)21/h11-14,17-20H,2-10H2,1H3/t11-,12+,13+,14-/m1/s1. The maximum atomic E-state index is 11.9.